The van der Waals surface area contributed by atoms with Crippen LogP contribution in [0.3, 0.4) is 0 Å². The van der Waals surface area contributed by atoms with Crippen LogP contribution in [0.25, 0.3) is 22.0 Å². The second kappa shape index (κ2) is 9.37. The van der Waals surface area contributed by atoms with Gasteiger partial charge in [-0.05, 0) is 37.1 Å². The summed E-state index contributed by atoms with van der Waals surface area (Å²) in [5.74, 6) is 0.953. The lowest BCUT2D eigenvalue weighted by Crippen LogP contribution is -2.32. The van der Waals surface area contributed by atoms with Crippen LogP contribution in [0.15, 0.2) is 48.8 Å². The maximum atomic E-state index is 13.6. The van der Waals surface area contributed by atoms with E-state index in [0.717, 1.165) is 49.2 Å². The molecule has 3 rings (SSSR count). The van der Waals surface area contributed by atoms with E-state index in [4.69, 9.17) is 4.74 Å². The van der Waals surface area contributed by atoms with Crippen molar-refractivity contribution in [1.29, 1.82) is 0 Å². The largest absolute Gasteiger partial charge is 0.432 e. The first kappa shape index (κ1) is 21.9. The van der Waals surface area contributed by atoms with E-state index in [1.54, 1.807) is 30.5 Å². The summed E-state index contributed by atoms with van der Waals surface area (Å²) < 4.78 is 32.0. The molecule has 0 radical (unpaired) electrons. The highest BCUT2D eigenvalue weighted by Crippen LogP contribution is 2.36. The topological polar surface area (TPSA) is 38.2 Å². The molecule has 0 saturated heterocycles. The van der Waals surface area contributed by atoms with E-state index in [0.29, 0.717) is 17.3 Å². The molecule has 2 aromatic heterocycles. The highest BCUT2D eigenvalue weighted by atomic mass is 19.3. The van der Waals surface area contributed by atoms with Gasteiger partial charge in [0.05, 0.1) is 5.69 Å². The molecule has 0 N–H and O–H groups in total. The van der Waals surface area contributed by atoms with Gasteiger partial charge in [0.25, 0.3) is 0 Å². The van der Waals surface area contributed by atoms with Crippen molar-refractivity contribution in [3.05, 3.63) is 48.8 Å². The molecule has 0 atom stereocenters. The van der Waals surface area contributed by atoms with Gasteiger partial charge in [-0.2, -0.15) is 8.78 Å². The predicted octanol–water partition coefficient (Wildman–Crippen LogP) is 6.69. The molecule has 0 aliphatic heterocycles. The van der Waals surface area contributed by atoms with Crippen LogP contribution in [-0.4, -0.2) is 29.2 Å². The molecule has 30 heavy (non-hydrogen) atoms. The monoisotopic (exact) mass is 413 g/mol. The number of para-hydroxylation sites is 1. The van der Waals surface area contributed by atoms with Gasteiger partial charge in [0.2, 0.25) is 0 Å². The van der Waals surface area contributed by atoms with E-state index in [1.165, 1.54) is 0 Å². The van der Waals surface area contributed by atoms with Crippen molar-refractivity contribution in [3.8, 4) is 17.0 Å². The maximum absolute atomic E-state index is 13.6. The molecule has 0 spiro atoms. The molecule has 0 unspecified atom stereocenters. The third kappa shape index (κ3) is 5.04. The number of hydrogen-bond donors (Lipinski definition) is 0. The molecule has 1 aromatic carbocycles. The van der Waals surface area contributed by atoms with E-state index in [2.05, 4.69) is 35.8 Å². The number of pyridine rings is 2. The average molecular weight is 414 g/mol. The molecule has 0 fully saturated rings. The number of ether oxygens (including phenoxy) is 1. The lowest BCUT2D eigenvalue weighted by molar-refractivity contribution is -0.158. The first-order valence-corrected chi connectivity index (χ1v) is 10.5. The minimum Gasteiger partial charge on any atom is -0.432 e. The Balaban J connectivity index is 2.09. The summed E-state index contributed by atoms with van der Waals surface area (Å²) in [5, 5.41) is 1.76. The zero-order chi connectivity index (χ0) is 21.7. The molecule has 0 amide bonds. The molecule has 0 aliphatic carbocycles. The van der Waals surface area contributed by atoms with Crippen LogP contribution in [0.5, 0.6) is 5.75 Å². The van der Waals surface area contributed by atoms with E-state index in [-0.39, 0.29) is 5.75 Å². The van der Waals surface area contributed by atoms with Crippen molar-refractivity contribution in [1.82, 2.24) is 9.97 Å². The van der Waals surface area contributed by atoms with Crippen LogP contribution in [-0.2, 0) is 0 Å². The van der Waals surface area contributed by atoms with Crippen molar-refractivity contribution in [2.24, 2.45) is 0 Å². The van der Waals surface area contributed by atoms with Crippen molar-refractivity contribution >= 4 is 16.6 Å². The van der Waals surface area contributed by atoms with E-state index in [1.807, 2.05) is 18.3 Å². The first-order chi connectivity index (χ1) is 14.3. The van der Waals surface area contributed by atoms with Gasteiger partial charge in [-0.15, -0.1) is 0 Å². The van der Waals surface area contributed by atoms with Gasteiger partial charge in [0.15, 0.2) is 0 Å². The Hall–Kier alpha value is -2.76. The number of aromatic nitrogens is 2. The minimum atomic E-state index is -3.28. The van der Waals surface area contributed by atoms with Gasteiger partial charge in [0.1, 0.15) is 11.6 Å². The van der Waals surface area contributed by atoms with Crippen LogP contribution in [0, 0.1) is 0 Å². The number of anilines is 1. The fraction of sp³-hybridized carbons (Fsp3) is 0.417. The second-order valence-corrected chi connectivity index (χ2v) is 7.67. The van der Waals surface area contributed by atoms with Gasteiger partial charge in [-0.1, -0.05) is 38.8 Å². The minimum absolute atomic E-state index is 0.103. The summed E-state index contributed by atoms with van der Waals surface area (Å²) in [5.41, 5.74) is 1.13. The SMILES string of the molecule is CCCC(CCC)N(C)c1cc2c(-c3ccccc3OC(C)(F)F)nccc2cn1. The normalized spacial score (nSPS) is 11.8. The fourth-order valence-electron chi connectivity index (χ4n) is 3.79. The maximum Gasteiger partial charge on any atom is 0.394 e. The molecule has 3 aromatic rings. The number of hydrogen-bond acceptors (Lipinski definition) is 4. The predicted molar refractivity (Wildman–Crippen MR) is 118 cm³/mol. The smallest absolute Gasteiger partial charge is 0.394 e. The van der Waals surface area contributed by atoms with Gasteiger partial charge in [-0.3, -0.25) is 4.98 Å². The lowest BCUT2D eigenvalue weighted by Gasteiger charge is -2.29. The van der Waals surface area contributed by atoms with Crippen LogP contribution < -0.4 is 9.64 Å². The van der Waals surface area contributed by atoms with Gasteiger partial charge in [0, 0.05) is 48.7 Å². The highest BCUT2D eigenvalue weighted by molar-refractivity contribution is 5.96. The number of rotatable bonds is 9. The molecular weight excluding hydrogens is 384 g/mol. The third-order valence-electron chi connectivity index (χ3n) is 5.22. The summed E-state index contributed by atoms with van der Waals surface area (Å²) >= 11 is 0. The molecule has 0 bridgehead atoms. The zero-order valence-corrected chi connectivity index (χ0v) is 18.0. The molecule has 0 aliphatic rings. The zero-order valence-electron chi connectivity index (χ0n) is 18.0. The molecular formula is C24H29F2N3O. The Kier molecular flexibility index (Phi) is 6.85. The summed E-state index contributed by atoms with van der Waals surface area (Å²) in [7, 11) is 2.06. The van der Waals surface area contributed by atoms with Crippen LogP contribution in [0.1, 0.15) is 46.5 Å². The summed E-state index contributed by atoms with van der Waals surface area (Å²) in [4.78, 5) is 11.4. The van der Waals surface area contributed by atoms with Crippen molar-refractivity contribution in [2.45, 2.75) is 58.6 Å². The first-order valence-electron chi connectivity index (χ1n) is 10.5. The quantitative estimate of drug-likeness (QED) is 0.391. The van der Waals surface area contributed by atoms with Gasteiger partial charge < -0.3 is 9.64 Å². The second-order valence-electron chi connectivity index (χ2n) is 7.67. The third-order valence-corrected chi connectivity index (χ3v) is 5.22. The van der Waals surface area contributed by atoms with Crippen LogP contribution in [0.4, 0.5) is 14.6 Å². The van der Waals surface area contributed by atoms with Crippen molar-refractivity contribution in [2.75, 3.05) is 11.9 Å². The molecule has 6 heteroatoms. The van der Waals surface area contributed by atoms with Gasteiger partial charge in [-0.25, -0.2) is 4.98 Å². The lowest BCUT2D eigenvalue weighted by atomic mass is 10.0. The van der Waals surface area contributed by atoms with Crippen molar-refractivity contribution < 1.29 is 13.5 Å². The number of halogens is 2. The summed E-state index contributed by atoms with van der Waals surface area (Å²) in [6, 6.07) is 11.0. The number of benzene rings is 1. The van der Waals surface area contributed by atoms with Crippen molar-refractivity contribution in [3.63, 3.8) is 0 Å². The summed E-state index contributed by atoms with van der Waals surface area (Å²) in [6.07, 6.45) is 4.59. The molecule has 0 saturated carbocycles. The highest BCUT2D eigenvalue weighted by Gasteiger charge is 2.25. The average Bonchev–Trinajstić information content (AvgIpc) is 2.71. The van der Waals surface area contributed by atoms with Crippen LogP contribution >= 0.6 is 0 Å². The Bertz CT molecular complexity index is 982. The van der Waals surface area contributed by atoms with Gasteiger partial charge >= 0.3 is 6.11 Å². The van der Waals surface area contributed by atoms with E-state index < -0.39 is 6.11 Å². The molecule has 160 valence electrons. The number of alkyl halides is 2. The molecule has 4 nitrogen and oxygen atoms in total. The number of fused-ring (bicyclic) bond motifs is 1. The fourth-order valence-corrected chi connectivity index (χ4v) is 3.79. The molecule has 2 heterocycles. The Morgan fingerprint density at radius 2 is 1.77 bits per heavy atom. The number of nitrogens with zero attached hydrogens (tertiary/aromatic N) is 3. The Labute approximate surface area is 176 Å². The Morgan fingerprint density at radius 3 is 2.43 bits per heavy atom. The van der Waals surface area contributed by atoms with E-state index in [9.17, 15) is 8.78 Å². The standard InChI is InChI=1S/C24H29F2N3O/c1-5-9-18(10-6-2)29(4)22-15-20-17(16-28-22)13-14-27-23(20)19-11-7-8-12-21(19)30-24(3,25)26/h7-8,11-16,18H,5-6,9-10H2,1-4H3. The Morgan fingerprint density at radius 1 is 1.07 bits per heavy atom. The van der Waals surface area contributed by atoms with Crippen LogP contribution in [0.2, 0.25) is 0 Å². The van der Waals surface area contributed by atoms with E-state index >= 15 is 0 Å². The summed E-state index contributed by atoms with van der Waals surface area (Å²) in [6.45, 7) is 5.11.